The van der Waals surface area contributed by atoms with E-state index in [4.69, 9.17) is 4.98 Å². The third-order valence-corrected chi connectivity index (χ3v) is 12.7. The first-order chi connectivity index (χ1) is 22.2. The lowest BCUT2D eigenvalue weighted by molar-refractivity contribution is 0.592. The van der Waals surface area contributed by atoms with Crippen LogP contribution in [-0.4, -0.2) is 4.98 Å². The maximum absolute atomic E-state index is 15.0. The second-order valence-electron chi connectivity index (χ2n) is 11.0. The topological polar surface area (TPSA) is 30.0 Å². The molecular formula is C41H28NOPS. The van der Waals surface area contributed by atoms with Gasteiger partial charge in [-0.25, -0.2) is 4.98 Å². The second-order valence-corrected chi connectivity index (χ2v) is 14.8. The van der Waals surface area contributed by atoms with Crippen LogP contribution >= 0.6 is 18.5 Å². The highest BCUT2D eigenvalue weighted by atomic mass is 32.1. The molecule has 0 aliphatic carbocycles. The van der Waals surface area contributed by atoms with Crippen LogP contribution in [0.5, 0.6) is 0 Å². The zero-order valence-corrected chi connectivity index (χ0v) is 26.1. The van der Waals surface area contributed by atoms with Gasteiger partial charge in [0, 0.05) is 47.4 Å². The minimum absolute atomic E-state index is 0.822. The Morgan fingerprint density at radius 2 is 0.956 bits per heavy atom. The van der Waals surface area contributed by atoms with Crippen molar-refractivity contribution >= 4 is 55.4 Å². The Balaban J connectivity index is 1.39. The van der Waals surface area contributed by atoms with Crippen LogP contribution in [0.2, 0.25) is 0 Å². The molecule has 45 heavy (non-hydrogen) atoms. The highest BCUT2D eigenvalue weighted by molar-refractivity contribution is 7.85. The van der Waals surface area contributed by atoms with Gasteiger partial charge >= 0.3 is 0 Å². The lowest BCUT2D eigenvalue weighted by atomic mass is 9.95. The lowest BCUT2D eigenvalue weighted by Gasteiger charge is -2.20. The van der Waals surface area contributed by atoms with E-state index < -0.39 is 7.14 Å². The molecule has 2 heterocycles. The zero-order chi connectivity index (χ0) is 30.2. The summed E-state index contributed by atoms with van der Waals surface area (Å²) in [6.07, 6.45) is 0. The Hall–Kier alpha value is -5.08. The van der Waals surface area contributed by atoms with Crippen LogP contribution in [0.4, 0.5) is 0 Å². The van der Waals surface area contributed by atoms with Crippen molar-refractivity contribution in [2.45, 2.75) is 0 Å². The van der Waals surface area contributed by atoms with Crippen LogP contribution in [0.3, 0.4) is 0 Å². The van der Waals surface area contributed by atoms with Crippen molar-refractivity contribution in [3.8, 4) is 32.8 Å². The first-order valence-corrected chi connectivity index (χ1v) is 17.5. The molecule has 0 bridgehead atoms. The maximum Gasteiger partial charge on any atom is 0.171 e. The van der Waals surface area contributed by atoms with Crippen molar-refractivity contribution in [2.75, 3.05) is 0 Å². The summed E-state index contributed by atoms with van der Waals surface area (Å²) in [6.45, 7) is 0. The Bertz CT molecular complexity index is 2270. The number of hydrogen-bond acceptors (Lipinski definition) is 3. The highest BCUT2D eigenvalue weighted by Gasteiger charge is 2.30. The second kappa shape index (κ2) is 11.4. The summed E-state index contributed by atoms with van der Waals surface area (Å²) in [5.74, 6) is 0. The first-order valence-electron chi connectivity index (χ1n) is 15.0. The van der Waals surface area contributed by atoms with Gasteiger partial charge in [-0.05, 0) is 17.2 Å². The van der Waals surface area contributed by atoms with Crippen LogP contribution < -0.4 is 15.9 Å². The average molecular weight is 614 g/mol. The van der Waals surface area contributed by atoms with Crippen molar-refractivity contribution < 1.29 is 4.57 Å². The molecule has 2 nitrogen and oxygen atoms in total. The minimum Gasteiger partial charge on any atom is -0.309 e. The smallest absolute Gasteiger partial charge is 0.171 e. The molecule has 0 saturated heterocycles. The molecule has 8 aromatic rings. The minimum atomic E-state index is -3.07. The van der Waals surface area contributed by atoms with Crippen molar-refractivity contribution in [1.29, 1.82) is 0 Å². The number of pyridine rings is 1. The Kier molecular flexibility index (Phi) is 6.99. The van der Waals surface area contributed by atoms with Crippen molar-refractivity contribution in [2.24, 2.45) is 0 Å². The van der Waals surface area contributed by atoms with Gasteiger partial charge in [-0.1, -0.05) is 164 Å². The number of fused-ring (bicyclic) bond motifs is 3. The first kappa shape index (κ1) is 27.5. The number of benzene rings is 6. The van der Waals surface area contributed by atoms with Crippen molar-refractivity contribution in [3.05, 3.63) is 170 Å². The van der Waals surface area contributed by atoms with Gasteiger partial charge in [0.2, 0.25) is 0 Å². The fourth-order valence-electron chi connectivity index (χ4n) is 6.22. The molecule has 0 aliphatic rings. The summed E-state index contributed by atoms with van der Waals surface area (Å²) < 4.78 is 16.3. The normalized spacial score (nSPS) is 11.6. The largest absolute Gasteiger partial charge is 0.309 e. The molecule has 0 atom stereocenters. The predicted octanol–water partition coefficient (Wildman–Crippen LogP) is 10.1. The van der Waals surface area contributed by atoms with Gasteiger partial charge in [0.05, 0.1) is 11.2 Å². The summed E-state index contributed by atoms with van der Waals surface area (Å²) in [5, 5.41) is 4.80. The molecule has 4 heteroatoms. The van der Waals surface area contributed by atoms with Crippen molar-refractivity contribution in [1.82, 2.24) is 4.98 Å². The van der Waals surface area contributed by atoms with Crippen LogP contribution in [0, 0.1) is 0 Å². The van der Waals surface area contributed by atoms with E-state index in [1.54, 1.807) is 0 Å². The van der Waals surface area contributed by atoms with Crippen LogP contribution in [0.15, 0.2) is 170 Å². The number of hydrogen-bond donors (Lipinski definition) is 0. The summed E-state index contributed by atoms with van der Waals surface area (Å²) >= 11 is 1.81. The summed E-state index contributed by atoms with van der Waals surface area (Å²) in [5.41, 5.74) is 6.48. The number of para-hydroxylation sites is 1. The van der Waals surface area contributed by atoms with Gasteiger partial charge in [-0.15, -0.1) is 11.3 Å². The monoisotopic (exact) mass is 613 g/mol. The van der Waals surface area contributed by atoms with E-state index in [-0.39, 0.29) is 0 Å². The van der Waals surface area contributed by atoms with E-state index >= 15 is 4.57 Å². The summed E-state index contributed by atoms with van der Waals surface area (Å²) in [4.78, 5) is 6.42. The fraction of sp³-hybridized carbons (Fsp3) is 0. The molecule has 2 aromatic heterocycles. The number of aromatic nitrogens is 1. The van der Waals surface area contributed by atoms with Crippen molar-refractivity contribution in [3.63, 3.8) is 0 Å². The highest BCUT2D eigenvalue weighted by Crippen LogP contribution is 2.50. The number of rotatable bonds is 6. The van der Waals surface area contributed by atoms with E-state index in [2.05, 4.69) is 103 Å². The third-order valence-electron chi connectivity index (χ3n) is 8.37. The van der Waals surface area contributed by atoms with Crippen LogP contribution in [0.25, 0.3) is 53.8 Å². The molecule has 0 unspecified atom stereocenters. The molecule has 0 aliphatic heterocycles. The van der Waals surface area contributed by atoms with E-state index in [1.807, 2.05) is 78.1 Å². The van der Waals surface area contributed by atoms with Gasteiger partial charge in [0.15, 0.2) is 7.14 Å². The van der Waals surface area contributed by atoms with Gasteiger partial charge in [-0.3, -0.25) is 0 Å². The standard InChI is InChI=1S/C41H28NOPS/c43-44(32-19-9-3-10-20-32,33-21-11-4-12-22-33)34-27-25-31(26-28-34)40-37(29-15-5-1-6-16-29)38-39(30-17-7-2-8-18-30)42-36-24-14-13-23-35(36)41(38)45-40/h1-28H. The summed E-state index contributed by atoms with van der Waals surface area (Å²) in [6, 6.07) is 57.6. The molecule has 0 radical (unpaired) electrons. The third kappa shape index (κ3) is 4.73. The lowest BCUT2D eigenvalue weighted by Crippen LogP contribution is -2.24. The molecule has 0 amide bonds. The molecule has 0 N–H and O–H groups in total. The predicted molar refractivity (Wildman–Crippen MR) is 193 cm³/mol. The molecule has 0 fully saturated rings. The fourth-order valence-corrected chi connectivity index (χ4v) is 10.2. The Labute approximate surface area is 266 Å². The van der Waals surface area contributed by atoms with Crippen LogP contribution in [0.1, 0.15) is 0 Å². The number of thiophene rings is 1. The van der Waals surface area contributed by atoms with E-state index in [9.17, 15) is 0 Å². The molecule has 8 rings (SSSR count). The van der Waals surface area contributed by atoms with Crippen LogP contribution in [-0.2, 0) is 4.57 Å². The Morgan fingerprint density at radius 1 is 0.467 bits per heavy atom. The molecule has 0 saturated carbocycles. The molecule has 0 spiro atoms. The van der Waals surface area contributed by atoms with E-state index in [1.165, 1.54) is 15.1 Å². The van der Waals surface area contributed by atoms with E-state index in [0.29, 0.717) is 0 Å². The SMILES string of the molecule is O=P(c1ccccc1)(c1ccccc1)c1ccc(-c2sc3c(c(-c4ccccc4)nc4ccccc43)c2-c2ccccc2)cc1. The molecular weight excluding hydrogens is 585 g/mol. The summed E-state index contributed by atoms with van der Waals surface area (Å²) in [7, 11) is -3.07. The number of nitrogens with zero attached hydrogens (tertiary/aromatic N) is 1. The van der Waals surface area contributed by atoms with Gasteiger partial charge in [0.25, 0.3) is 0 Å². The maximum atomic E-state index is 15.0. The molecule has 214 valence electrons. The Morgan fingerprint density at radius 3 is 1.56 bits per heavy atom. The zero-order valence-electron chi connectivity index (χ0n) is 24.4. The molecule has 6 aromatic carbocycles. The quantitative estimate of drug-likeness (QED) is 0.175. The van der Waals surface area contributed by atoms with Gasteiger partial charge in [0.1, 0.15) is 0 Å². The van der Waals surface area contributed by atoms with Gasteiger partial charge < -0.3 is 4.57 Å². The van der Waals surface area contributed by atoms with Gasteiger partial charge in [-0.2, -0.15) is 0 Å². The average Bonchev–Trinajstić information content (AvgIpc) is 3.54. The van der Waals surface area contributed by atoms with E-state index in [0.717, 1.165) is 54.6 Å².